The van der Waals surface area contributed by atoms with Crippen molar-refractivity contribution >= 4 is 29.0 Å². The monoisotopic (exact) mass is 384 g/mol. The lowest BCUT2D eigenvalue weighted by Crippen LogP contribution is -2.30. The molecule has 3 aromatic rings. The second-order valence-electron chi connectivity index (χ2n) is 6.34. The van der Waals surface area contributed by atoms with Crippen molar-refractivity contribution in [1.82, 2.24) is 20.1 Å². The van der Waals surface area contributed by atoms with Crippen LogP contribution in [0.15, 0.2) is 53.0 Å². The Bertz CT molecular complexity index is 872. The summed E-state index contributed by atoms with van der Waals surface area (Å²) in [6, 6.07) is 14.2. The molecule has 1 aliphatic rings. The number of nitrogens with zero attached hydrogens (tertiary/aromatic N) is 3. The van der Waals surface area contributed by atoms with E-state index in [4.69, 9.17) is 0 Å². The third kappa shape index (κ3) is 3.83. The second kappa shape index (κ2) is 7.63. The van der Waals surface area contributed by atoms with Crippen molar-refractivity contribution in [2.45, 2.75) is 42.6 Å². The molecule has 1 saturated carbocycles. The largest absolute Gasteiger partial charge is 0.350 e. The molecule has 0 aliphatic heterocycles. The van der Waals surface area contributed by atoms with Gasteiger partial charge in [0.05, 0.1) is 11.8 Å². The van der Waals surface area contributed by atoms with Crippen LogP contribution in [0.2, 0.25) is 0 Å². The molecular formula is C19H20N4OS2. The van der Waals surface area contributed by atoms with Gasteiger partial charge in [-0.05, 0) is 43.3 Å². The van der Waals surface area contributed by atoms with E-state index in [0.717, 1.165) is 34.4 Å². The molecule has 1 fully saturated rings. The van der Waals surface area contributed by atoms with E-state index in [1.165, 1.54) is 11.8 Å². The predicted molar refractivity (Wildman–Crippen MR) is 105 cm³/mol. The number of carbonyl (C=O) groups excluding carboxylic acids is 1. The Morgan fingerprint density at radius 3 is 2.77 bits per heavy atom. The first-order valence-electron chi connectivity index (χ1n) is 8.70. The van der Waals surface area contributed by atoms with E-state index >= 15 is 0 Å². The zero-order chi connectivity index (χ0) is 17.9. The number of aromatic nitrogens is 3. The smallest absolute Gasteiger partial charge is 0.233 e. The number of benzene rings is 1. The van der Waals surface area contributed by atoms with Crippen LogP contribution in [-0.4, -0.2) is 25.9 Å². The third-order valence-corrected chi connectivity index (χ3v) is 6.20. The maximum Gasteiger partial charge on any atom is 0.233 e. The van der Waals surface area contributed by atoms with Gasteiger partial charge in [0.25, 0.3) is 0 Å². The highest BCUT2D eigenvalue weighted by Gasteiger charge is 2.31. The van der Waals surface area contributed by atoms with Crippen molar-refractivity contribution in [2.75, 3.05) is 0 Å². The summed E-state index contributed by atoms with van der Waals surface area (Å²) in [4.78, 5) is 13.6. The van der Waals surface area contributed by atoms with Gasteiger partial charge in [-0.15, -0.1) is 21.5 Å². The van der Waals surface area contributed by atoms with E-state index in [0.29, 0.717) is 12.5 Å². The molecule has 1 amide bonds. The van der Waals surface area contributed by atoms with Gasteiger partial charge in [0, 0.05) is 16.5 Å². The first-order chi connectivity index (χ1) is 12.7. The molecule has 1 aliphatic carbocycles. The number of hydrogen-bond acceptors (Lipinski definition) is 5. The Morgan fingerprint density at radius 2 is 2.08 bits per heavy atom. The summed E-state index contributed by atoms with van der Waals surface area (Å²) in [5.41, 5.74) is 1.05. The molecule has 1 N–H and O–H groups in total. The maximum absolute atomic E-state index is 12.5. The van der Waals surface area contributed by atoms with E-state index in [9.17, 15) is 4.79 Å². The minimum absolute atomic E-state index is 0.0129. The van der Waals surface area contributed by atoms with Gasteiger partial charge in [-0.1, -0.05) is 36.0 Å². The van der Waals surface area contributed by atoms with Crippen molar-refractivity contribution in [2.24, 2.45) is 0 Å². The second-order valence-corrected chi connectivity index (χ2v) is 8.68. The van der Waals surface area contributed by atoms with Crippen LogP contribution in [-0.2, 0) is 11.3 Å². The van der Waals surface area contributed by atoms with E-state index < -0.39 is 0 Å². The summed E-state index contributed by atoms with van der Waals surface area (Å²) >= 11 is 3.10. The number of thiophene rings is 1. The lowest BCUT2D eigenvalue weighted by Gasteiger charge is -2.13. The van der Waals surface area contributed by atoms with E-state index in [1.54, 1.807) is 11.3 Å². The fourth-order valence-electron chi connectivity index (χ4n) is 2.73. The van der Waals surface area contributed by atoms with Gasteiger partial charge in [0.1, 0.15) is 5.82 Å². The standard InChI is InChI=1S/C19H20N4OS2/c1-13(18(24)20-12-16-8-5-11-25-16)26-19-22-21-17(14-9-10-14)23(19)15-6-3-2-4-7-15/h2-8,11,13-14H,9-10,12H2,1H3,(H,20,24). The molecule has 0 spiro atoms. The van der Waals surface area contributed by atoms with Crippen molar-refractivity contribution in [1.29, 1.82) is 0 Å². The summed E-state index contributed by atoms with van der Waals surface area (Å²) < 4.78 is 2.10. The minimum Gasteiger partial charge on any atom is -0.350 e. The predicted octanol–water partition coefficient (Wildman–Crippen LogP) is 4.00. The summed E-state index contributed by atoms with van der Waals surface area (Å²) in [6.45, 7) is 2.48. The Hall–Kier alpha value is -2.12. The minimum atomic E-state index is -0.242. The number of thioether (sulfide) groups is 1. The lowest BCUT2D eigenvalue weighted by atomic mass is 10.3. The van der Waals surface area contributed by atoms with Crippen LogP contribution < -0.4 is 5.32 Å². The molecule has 2 aromatic heterocycles. The van der Waals surface area contributed by atoms with Gasteiger partial charge in [0.15, 0.2) is 5.16 Å². The molecule has 0 saturated heterocycles. The topological polar surface area (TPSA) is 59.8 Å². The zero-order valence-electron chi connectivity index (χ0n) is 14.5. The van der Waals surface area contributed by atoms with Crippen LogP contribution in [0.25, 0.3) is 5.69 Å². The molecule has 1 unspecified atom stereocenters. The van der Waals surface area contributed by atoms with E-state index in [-0.39, 0.29) is 11.2 Å². The van der Waals surface area contributed by atoms with Crippen molar-refractivity contribution in [3.8, 4) is 5.69 Å². The van der Waals surface area contributed by atoms with Crippen LogP contribution in [0, 0.1) is 0 Å². The SMILES string of the molecule is CC(Sc1nnc(C2CC2)n1-c1ccccc1)C(=O)NCc1cccs1. The van der Waals surface area contributed by atoms with Gasteiger partial charge in [-0.25, -0.2) is 0 Å². The molecule has 134 valence electrons. The quantitative estimate of drug-likeness (QED) is 0.626. The zero-order valence-corrected chi connectivity index (χ0v) is 16.1. The number of rotatable bonds is 7. The molecule has 4 rings (SSSR count). The molecule has 1 atom stereocenters. The van der Waals surface area contributed by atoms with E-state index in [2.05, 4.69) is 32.2 Å². The highest BCUT2D eigenvalue weighted by Crippen LogP contribution is 2.41. The third-order valence-electron chi connectivity index (χ3n) is 4.28. The average molecular weight is 385 g/mol. The average Bonchev–Trinajstić information content (AvgIpc) is 3.21. The van der Waals surface area contributed by atoms with Gasteiger partial charge >= 0.3 is 0 Å². The van der Waals surface area contributed by atoms with Crippen LogP contribution in [0.5, 0.6) is 0 Å². The Balaban J connectivity index is 1.49. The highest BCUT2D eigenvalue weighted by atomic mass is 32.2. The van der Waals surface area contributed by atoms with E-state index in [1.807, 2.05) is 42.6 Å². The molecule has 7 heteroatoms. The van der Waals surface area contributed by atoms with Crippen LogP contribution in [0.3, 0.4) is 0 Å². The Morgan fingerprint density at radius 1 is 1.27 bits per heavy atom. The number of para-hydroxylation sites is 1. The van der Waals surface area contributed by atoms with Crippen LogP contribution >= 0.6 is 23.1 Å². The molecule has 0 radical (unpaired) electrons. The first-order valence-corrected chi connectivity index (χ1v) is 10.5. The normalized spacial score (nSPS) is 15.0. The Kier molecular flexibility index (Phi) is 5.08. The fourth-order valence-corrected chi connectivity index (χ4v) is 4.27. The molecule has 1 aromatic carbocycles. The lowest BCUT2D eigenvalue weighted by molar-refractivity contribution is -0.120. The highest BCUT2D eigenvalue weighted by molar-refractivity contribution is 8.00. The summed E-state index contributed by atoms with van der Waals surface area (Å²) in [5, 5.41) is 14.3. The van der Waals surface area contributed by atoms with Crippen LogP contribution in [0.1, 0.15) is 36.4 Å². The number of amides is 1. The summed E-state index contributed by atoms with van der Waals surface area (Å²) in [6.07, 6.45) is 2.32. The molecule has 26 heavy (non-hydrogen) atoms. The van der Waals surface area contributed by atoms with Crippen molar-refractivity contribution in [3.05, 3.63) is 58.5 Å². The number of hydrogen-bond donors (Lipinski definition) is 1. The van der Waals surface area contributed by atoms with Crippen LogP contribution in [0.4, 0.5) is 0 Å². The van der Waals surface area contributed by atoms with Gasteiger partial charge in [-0.3, -0.25) is 9.36 Å². The van der Waals surface area contributed by atoms with Crippen molar-refractivity contribution < 1.29 is 4.79 Å². The van der Waals surface area contributed by atoms with Gasteiger partial charge in [0.2, 0.25) is 5.91 Å². The summed E-state index contributed by atoms with van der Waals surface area (Å²) in [5.74, 6) is 1.50. The fraction of sp³-hybridized carbons (Fsp3) is 0.316. The van der Waals surface area contributed by atoms with Crippen molar-refractivity contribution in [3.63, 3.8) is 0 Å². The molecule has 2 heterocycles. The molecule has 0 bridgehead atoms. The molecule has 5 nitrogen and oxygen atoms in total. The van der Waals surface area contributed by atoms with Gasteiger partial charge in [-0.2, -0.15) is 0 Å². The Labute approximate surface area is 160 Å². The first kappa shape index (κ1) is 17.3. The number of carbonyl (C=O) groups is 1. The number of nitrogens with one attached hydrogen (secondary N) is 1. The summed E-state index contributed by atoms with van der Waals surface area (Å²) in [7, 11) is 0. The maximum atomic E-state index is 12.5. The molecular weight excluding hydrogens is 364 g/mol. The van der Waals surface area contributed by atoms with Gasteiger partial charge < -0.3 is 5.32 Å².